The minimum atomic E-state index is -0.546. The quantitative estimate of drug-likeness (QED) is 0.627. The third-order valence-electron chi connectivity index (χ3n) is 3.31. The molecule has 2 aromatic rings. The van der Waals surface area contributed by atoms with Gasteiger partial charge in [0.2, 0.25) is 0 Å². The van der Waals surface area contributed by atoms with Crippen molar-refractivity contribution in [3.63, 3.8) is 0 Å². The Balaban J connectivity index is 1.73. The second-order valence-corrected chi connectivity index (χ2v) is 4.90. The van der Waals surface area contributed by atoms with Gasteiger partial charge in [0.25, 0.3) is 0 Å². The van der Waals surface area contributed by atoms with E-state index >= 15 is 0 Å². The summed E-state index contributed by atoms with van der Waals surface area (Å²) in [7, 11) is 1.39. The van der Waals surface area contributed by atoms with E-state index in [2.05, 4.69) is 4.99 Å². The molecule has 0 radical (unpaired) electrons. The number of nitrogens with zero attached hydrogens (tertiary/aromatic N) is 1. The van der Waals surface area contributed by atoms with E-state index in [1.807, 2.05) is 6.07 Å². The van der Waals surface area contributed by atoms with Crippen LogP contribution in [0.2, 0.25) is 0 Å². The van der Waals surface area contributed by atoms with Gasteiger partial charge in [-0.1, -0.05) is 6.07 Å². The van der Waals surface area contributed by atoms with Crippen molar-refractivity contribution in [1.29, 1.82) is 0 Å². The van der Waals surface area contributed by atoms with Crippen LogP contribution in [0.25, 0.3) is 6.08 Å². The second kappa shape index (κ2) is 6.48. The lowest BCUT2D eigenvalue weighted by Crippen LogP contribution is -2.04. The normalized spacial score (nSPS) is 15.7. The van der Waals surface area contributed by atoms with Crippen LogP contribution in [0.15, 0.2) is 51.7 Å². The van der Waals surface area contributed by atoms with Crippen LogP contribution in [-0.2, 0) is 16.0 Å². The van der Waals surface area contributed by atoms with Crippen molar-refractivity contribution in [3.05, 3.63) is 59.4 Å². The highest BCUT2D eigenvalue weighted by atomic mass is 19.1. The summed E-state index contributed by atoms with van der Waals surface area (Å²) in [5.74, 6) is 0.208. The number of benzene rings is 1. The molecule has 1 aliphatic rings. The van der Waals surface area contributed by atoms with Crippen LogP contribution >= 0.6 is 0 Å². The summed E-state index contributed by atoms with van der Waals surface area (Å²) in [4.78, 5) is 16.0. The first kappa shape index (κ1) is 15.0. The number of rotatable bonds is 5. The number of ether oxygens (including phenoxy) is 2. The average molecular weight is 315 g/mol. The zero-order valence-electron chi connectivity index (χ0n) is 12.4. The Kier molecular flexibility index (Phi) is 4.23. The first-order valence-corrected chi connectivity index (χ1v) is 7.03. The van der Waals surface area contributed by atoms with Crippen LogP contribution in [0, 0.1) is 5.82 Å². The van der Waals surface area contributed by atoms with Crippen molar-refractivity contribution in [2.75, 3.05) is 7.11 Å². The number of carbonyl (C=O) groups excluding carboxylic acids is 1. The molecular formula is C17H14FNO4. The van der Waals surface area contributed by atoms with Crippen LogP contribution in [0.3, 0.4) is 0 Å². The lowest BCUT2D eigenvalue weighted by Gasteiger charge is -2.01. The summed E-state index contributed by atoms with van der Waals surface area (Å²) < 4.78 is 28.8. The van der Waals surface area contributed by atoms with E-state index < -0.39 is 11.8 Å². The maximum Gasteiger partial charge on any atom is 0.363 e. The Morgan fingerprint density at radius 3 is 2.87 bits per heavy atom. The third-order valence-corrected chi connectivity index (χ3v) is 3.31. The van der Waals surface area contributed by atoms with Gasteiger partial charge < -0.3 is 13.9 Å². The predicted octanol–water partition coefficient (Wildman–Crippen LogP) is 3.36. The van der Waals surface area contributed by atoms with Gasteiger partial charge in [-0.25, -0.2) is 14.2 Å². The molecule has 0 aliphatic carbocycles. The van der Waals surface area contributed by atoms with Crippen LogP contribution in [0.1, 0.15) is 17.7 Å². The topological polar surface area (TPSA) is 61.0 Å². The number of aryl methyl sites for hydroxylation is 1. The Bertz CT molecular complexity index is 778. The summed E-state index contributed by atoms with van der Waals surface area (Å²) in [6, 6.07) is 8.03. The number of hydrogen-bond donors (Lipinski definition) is 0. The van der Waals surface area contributed by atoms with Gasteiger partial charge in [0, 0.05) is 12.8 Å². The Morgan fingerprint density at radius 1 is 1.30 bits per heavy atom. The van der Waals surface area contributed by atoms with Gasteiger partial charge in [-0.3, -0.25) is 0 Å². The fraction of sp³-hybridized carbons (Fsp3) is 0.176. The standard InChI is InChI=1S/C17H14FNO4/c1-21-15-6-4-11(9-13(15)18)10-14-17(20)23-16(19-14)7-5-12-3-2-8-22-12/h2-4,6,8-10H,5,7H2,1H3/b14-10+. The minimum absolute atomic E-state index is 0.142. The Labute approximate surface area is 132 Å². The van der Waals surface area contributed by atoms with Crippen LogP contribution in [0.4, 0.5) is 4.39 Å². The zero-order valence-corrected chi connectivity index (χ0v) is 12.4. The summed E-state index contributed by atoms with van der Waals surface area (Å²) in [6.07, 6.45) is 4.10. The number of esters is 1. The monoisotopic (exact) mass is 315 g/mol. The number of cyclic esters (lactones) is 1. The van der Waals surface area contributed by atoms with E-state index in [4.69, 9.17) is 13.9 Å². The van der Waals surface area contributed by atoms with Gasteiger partial charge in [-0.15, -0.1) is 0 Å². The van der Waals surface area contributed by atoms with Crippen LogP contribution < -0.4 is 4.74 Å². The molecule has 0 unspecified atom stereocenters. The Hall–Kier alpha value is -2.89. The number of aliphatic imine (C=N–C) groups is 1. The number of hydrogen-bond acceptors (Lipinski definition) is 5. The van der Waals surface area contributed by atoms with Gasteiger partial charge in [-0.2, -0.15) is 0 Å². The van der Waals surface area contributed by atoms with Crippen molar-refractivity contribution in [1.82, 2.24) is 0 Å². The van der Waals surface area contributed by atoms with Gasteiger partial charge in [0.15, 0.2) is 23.2 Å². The molecule has 6 heteroatoms. The van der Waals surface area contributed by atoms with E-state index in [9.17, 15) is 9.18 Å². The SMILES string of the molecule is COc1ccc(/C=C2/N=C(CCc3ccco3)OC2=O)cc1F. The number of methoxy groups -OCH3 is 1. The number of carbonyl (C=O) groups is 1. The molecule has 0 atom stereocenters. The first-order chi connectivity index (χ1) is 11.2. The van der Waals surface area contributed by atoms with Crippen LogP contribution in [0.5, 0.6) is 5.75 Å². The average Bonchev–Trinajstić information content (AvgIpc) is 3.16. The van der Waals surface area contributed by atoms with E-state index in [0.29, 0.717) is 24.3 Å². The fourth-order valence-corrected chi connectivity index (χ4v) is 2.18. The molecule has 118 valence electrons. The fourth-order valence-electron chi connectivity index (χ4n) is 2.18. The van der Waals surface area contributed by atoms with E-state index in [1.54, 1.807) is 18.4 Å². The van der Waals surface area contributed by atoms with Gasteiger partial charge in [0.05, 0.1) is 13.4 Å². The zero-order chi connectivity index (χ0) is 16.2. The molecule has 0 amide bonds. The lowest BCUT2D eigenvalue weighted by molar-refractivity contribution is -0.130. The predicted molar refractivity (Wildman–Crippen MR) is 81.5 cm³/mol. The number of furan rings is 1. The van der Waals surface area contributed by atoms with Crippen molar-refractivity contribution in [2.24, 2.45) is 4.99 Å². The van der Waals surface area contributed by atoms with Gasteiger partial charge in [0.1, 0.15) is 5.76 Å². The molecule has 1 aromatic carbocycles. The summed E-state index contributed by atoms with van der Waals surface area (Å²) in [5, 5.41) is 0. The molecule has 23 heavy (non-hydrogen) atoms. The van der Waals surface area contributed by atoms with Crippen molar-refractivity contribution in [3.8, 4) is 5.75 Å². The summed E-state index contributed by atoms with van der Waals surface area (Å²) in [6.45, 7) is 0. The van der Waals surface area contributed by atoms with Crippen molar-refractivity contribution < 1.29 is 23.1 Å². The highest BCUT2D eigenvalue weighted by Crippen LogP contribution is 2.22. The smallest absolute Gasteiger partial charge is 0.363 e. The van der Waals surface area contributed by atoms with E-state index in [0.717, 1.165) is 5.76 Å². The molecule has 0 fully saturated rings. The molecule has 0 bridgehead atoms. The van der Waals surface area contributed by atoms with E-state index in [-0.39, 0.29) is 11.4 Å². The molecule has 0 saturated carbocycles. The Morgan fingerprint density at radius 2 is 2.17 bits per heavy atom. The first-order valence-electron chi connectivity index (χ1n) is 7.03. The summed E-state index contributed by atoms with van der Waals surface area (Å²) in [5.41, 5.74) is 0.648. The molecule has 5 nitrogen and oxygen atoms in total. The van der Waals surface area contributed by atoms with Crippen molar-refractivity contribution >= 4 is 17.9 Å². The number of halogens is 1. The maximum atomic E-state index is 13.7. The molecule has 0 N–H and O–H groups in total. The molecule has 3 rings (SSSR count). The molecular weight excluding hydrogens is 301 g/mol. The molecule has 0 spiro atoms. The minimum Gasteiger partial charge on any atom is -0.494 e. The van der Waals surface area contributed by atoms with Gasteiger partial charge >= 0.3 is 5.97 Å². The summed E-state index contributed by atoms with van der Waals surface area (Å²) >= 11 is 0. The molecule has 2 heterocycles. The van der Waals surface area contributed by atoms with Crippen molar-refractivity contribution in [2.45, 2.75) is 12.8 Å². The third kappa shape index (κ3) is 3.48. The highest BCUT2D eigenvalue weighted by Gasteiger charge is 2.23. The van der Waals surface area contributed by atoms with Crippen LogP contribution in [-0.4, -0.2) is 19.0 Å². The molecule has 1 aliphatic heterocycles. The second-order valence-electron chi connectivity index (χ2n) is 4.90. The lowest BCUT2D eigenvalue weighted by atomic mass is 10.2. The maximum absolute atomic E-state index is 13.7. The van der Waals surface area contributed by atoms with E-state index in [1.165, 1.54) is 25.3 Å². The highest BCUT2D eigenvalue weighted by molar-refractivity contribution is 6.07. The molecule has 1 aromatic heterocycles. The largest absolute Gasteiger partial charge is 0.494 e. The van der Waals surface area contributed by atoms with Gasteiger partial charge in [-0.05, 0) is 35.9 Å². The molecule has 0 saturated heterocycles.